The normalized spacial score (nSPS) is 11.8. The zero-order valence-corrected chi connectivity index (χ0v) is 9.62. The third-order valence-electron chi connectivity index (χ3n) is 1.80. The standard InChI is InChI=1S/C9H13N3O6/c1-2-6(12(16)17)5-18-8(14)4-3-7(13)11-9(10)15/h3-4,6H,2,5H2,1H3,(H3,10,11,13,15)/b4-3+/t6-/m1/s1. The second-order valence-electron chi connectivity index (χ2n) is 3.16. The lowest BCUT2D eigenvalue weighted by Crippen LogP contribution is -2.33. The van der Waals surface area contributed by atoms with Gasteiger partial charge in [-0.1, -0.05) is 6.92 Å². The van der Waals surface area contributed by atoms with Crippen molar-refractivity contribution in [3.63, 3.8) is 0 Å². The number of nitrogens with two attached hydrogens (primary N) is 1. The van der Waals surface area contributed by atoms with Crippen LogP contribution < -0.4 is 11.1 Å². The van der Waals surface area contributed by atoms with Gasteiger partial charge in [0.15, 0.2) is 6.61 Å². The Labute approximate surface area is 102 Å². The molecule has 0 aromatic carbocycles. The number of urea groups is 1. The van der Waals surface area contributed by atoms with Crippen molar-refractivity contribution in [3.8, 4) is 0 Å². The van der Waals surface area contributed by atoms with E-state index in [1.807, 2.05) is 0 Å². The summed E-state index contributed by atoms with van der Waals surface area (Å²) in [6, 6.07) is -2.04. The van der Waals surface area contributed by atoms with Gasteiger partial charge in [0.1, 0.15) is 0 Å². The third kappa shape index (κ3) is 6.93. The fourth-order valence-electron chi connectivity index (χ4n) is 0.861. The molecule has 0 saturated carbocycles. The van der Waals surface area contributed by atoms with Crippen LogP contribution in [0.3, 0.4) is 0 Å². The second kappa shape index (κ2) is 7.76. The molecule has 0 aromatic heterocycles. The lowest BCUT2D eigenvalue weighted by Gasteiger charge is -2.06. The topological polar surface area (TPSA) is 142 Å². The summed E-state index contributed by atoms with van der Waals surface area (Å²) in [5, 5.41) is 12.1. The van der Waals surface area contributed by atoms with Crippen molar-refractivity contribution in [2.45, 2.75) is 19.4 Å². The van der Waals surface area contributed by atoms with Crippen LogP contribution >= 0.6 is 0 Å². The molecule has 100 valence electrons. The van der Waals surface area contributed by atoms with E-state index in [-0.39, 0.29) is 13.0 Å². The number of carbonyl (C=O) groups is 3. The summed E-state index contributed by atoms with van der Waals surface area (Å²) >= 11 is 0. The first-order valence-corrected chi connectivity index (χ1v) is 4.95. The number of esters is 1. The van der Waals surface area contributed by atoms with Crippen molar-refractivity contribution in [2.75, 3.05) is 6.61 Å². The SMILES string of the molecule is CC[C@H](COC(=O)/C=C/C(=O)NC(N)=O)[N+](=O)[O-]. The summed E-state index contributed by atoms with van der Waals surface area (Å²) in [4.78, 5) is 42.0. The van der Waals surface area contributed by atoms with Crippen LogP contribution in [0.5, 0.6) is 0 Å². The molecule has 0 aromatic rings. The number of nitro groups is 1. The van der Waals surface area contributed by atoms with Crippen LogP contribution in [0.15, 0.2) is 12.2 Å². The van der Waals surface area contributed by atoms with E-state index in [9.17, 15) is 24.5 Å². The van der Waals surface area contributed by atoms with Gasteiger partial charge in [-0.3, -0.25) is 20.2 Å². The molecule has 0 aliphatic rings. The molecule has 0 radical (unpaired) electrons. The number of rotatable bonds is 6. The Hall–Kier alpha value is -2.45. The maximum atomic E-state index is 11.0. The smallest absolute Gasteiger partial charge is 0.331 e. The number of carbonyl (C=O) groups excluding carboxylic acids is 3. The Kier molecular flexibility index (Phi) is 6.71. The third-order valence-corrected chi connectivity index (χ3v) is 1.80. The van der Waals surface area contributed by atoms with E-state index >= 15 is 0 Å². The first-order valence-electron chi connectivity index (χ1n) is 4.95. The Morgan fingerprint density at radius 1 is 1.44 bits per heavy atom. The summed E-state index contributed by atoms with van der Waals surface area (Å²) in [6.07, 6.45) is 1.69. The molecule has 0 rings (SSSR count). The van der Waals surface area contributed by atoms with Gasteiger partial charge in [-0.05, 0) is 0 Å². The lowest BCUT2D eigenvalue weighted by atomic mass is 10.2. The van der Waals surface area contributed by atoms with Crippen molar-refractivity contribution in [3.05, 3.63) is 22.3 Å². The maximum absolute atomic E-state index is 11.0. The van der Waals surface area contributed by atoms with Crippen molar-refractivity contribution < 1.29 is 24.0 Å². The number of nitrogens with one attached hydrogen (secondary N) is 1. The van der Waals surface area contributed by atoms with Gasteiger partial charge in [-0.15, -0.1) is 0 Å². The summed E-state index contributed by atoms with van der Waals surface area (Å²) in [6.45, 7) is 1.20. The minimum Gasteiger partial charge on any atom is -0.455 e. The van der Waals surface area contributed by atoms with Crippen LogP contribution in [0.25, 0.3) is 0 Å². The van der Waals surface area contributed by atoms with Crippen molar-refractivity contribution >= 4 is 17.9 Å². The van der Waals surface area contributed by atoms with Gasteiger partial charge in [0.2, 0.25) is 6.04 Å². The zero-order chi connectivity index (χ0) is 14.1. The molecule has 0 spiro atoms. The molecule has 0 bridgehead atoms. The monoisotopic (exact) mass is 259 g/mol. The minimum atomic E-state index is -1.06. The highest BCUT2D eigenvalue weighted by Crippen LogP contribution is 1.97. The molecular formula is C9H13N3O6. The van der Waals surface area contributed by atoms with Gasteiger partial charge in [0.05, 0.1) is 0 Å². The highest BCUT2D eigenvalue weighted by atomic mass is 16.6. The van der Waals surface area contributed by atoms with Crippen LogP contribution in [0.4, 0.5) is 4.79 Å². The summed E-state index contributed by atoms with van der Waals surface area (Å²) in [7, 11) is 0. The summed E-state index contributed by atoms with van der Waals surface area (Å²) in [5.74, 6) is -1.81. The quantitative estimate of drug-likeness (QED) is 0.280. The molecule has 0 saturated heterocycles. The van der Waals surface area contributed by atoms with E-state index in [1.165, 1.54) is 0 Å². The Bertz CT molecular complexity index is 378. The predicted molar refractivity (Wildman–Crippen MR) is 58.9 cm³/mol. The van der Waals surface area contributed by atoms with Crippen LogP contribution in [-0.2, 0) is 14.3 Å². The fraction of sp³-hybridized carbons (Fsp3) is 0.444. The first kappa shape index (κ1) is 15.5. The van der Waals surface area contributed by atoms with E-state index in [0.717, 1.165) is 12.2 Å². The Morgan fingerprint density at radius 3 is 2.50 bits per heavy atom. The molecule has 9 heteroatoms. The van der Waals surface area contributed by atoms with E-state index in [0.29, 0.717) is 0 Å². The highest BCUT2D eigenvalue weighted by Gasteiger charge is 2.18. The largest absolute Gasteiger partial charge is 0.455 e. The molecule has 0 fully saturated rings. The number of amides is 3. The van der Waals surface area contributed by atoms with Gasteiger partial charge in [-0.25, -0.2) is 9.59 Å². The number of primary amides is 1. The van der Waals surface area contributed by atoms with Gasteiger partial charge >= 0.3 is 12.0 Å². The van der Waals surface area contributed by atoms with E-state index < -0.39 is 28.9 Å². The second-order valence-corrected chi connectivity index (χ2v) is 3.16. The average molecular weight is 259 g/mol. The number of hydrogen-bond acceptors (Lipinski definition) is 6. The lowest BCUT2D eigenvalue weighted by molar-refractivity contribution is -0.525. The fourth-order valence-corrected chi connectivity index (χ4v) is 0.861. The number of ether oxygens (including phenoxy) is 1. The molecule has 3 amide bonds. The zero-order valence-electron chi connectivity index (χ0n) is 9.62. The molecule has 3 N–H and O–H groups in total. The van der Waals surface area contributed by atoms with Gasteiger partial charge < -0.3 is 10.5 Å². The predicted octanol–water partition coefficient (Wildman–Crippen LogP) is -0.664. The van der Waals surface area contributed by atoms with Crippen LogP contribution in [0.2, 0.25) is 0 Å². The van der Waals surface area contributed by atoms with Crippen LogP contribution in [0.1, 0.15) is 13.3 Å². The van der Waals surface area contributed by atoms with E-state index in [1.54, 1.807) is 12.2 Å². The minimum absolute atomic E-state index is 0.214. The molecule has 1 atom stereocenters. The van der Waals surface area contributed by atoms with E-state index in [4.69, 9.17) is 0 Å². The summed E-state index contributed by atoms with van der Waals surface area (Å²) < 4.78 is 4.55. The number of imide groups is 1. The highest BCUT2D eigenvalue weighted by molar-refractivity contribution is 6.02. The van der Waals surface area contributed by atoms with E-state index in [2.05, 4.69) is 10.5 Å². The number of nitrogens with zero attached hydrogens (tertiary/aromatic N) is 1. The van der Waals surface area contributed by atoms with Crippen molar-refractivity contribution in [1.29, 1.82) is 0 Å². The van der Waals surface area contributed by atoms with Gasteiger partial charge in [0, 0.05) is 23.5 Å². The van der Waals surface area contributed by atoms with Crippen LogP contribution in [-0.4, -0.2) is 35.5 Å². The molecular weight excluding hydrogens is 246 g/mol. The van der Waals surface area contributed by atoms with Crippen LogP contribution in [0, 0.1) is 10.1 Å². The maximum Gasteiger partial charge on any atom is 0.331 e. The van der Waals surface area contributed by atoms with Gasteiger partial charge in [0.25, 0.3) is 5.91 Å². The Balaban J connectivity index is 4.11. The molecule has 0 aliphatic carbocycles. The molecule has 0 aliphatic heterocycles. The van der Waals surface area contributed by atoms with Crippen molar-refractivity contribution in [1.82, 2.24) is 5.32 Å². The average Bonchev–Trinajstić information content (AvgIpc) is 2.25. The van der Waals surface area contributed by atoms with Gasteiger partial charge in [-0.2, -0.15) is 0 Å². The van der Waals surface area contributed by atoms with Crippen molar-refractivity contribution in [2.24, 2.45) is 5.73 Å². The number of hydrogen-bond donors (Lipinski definition) is 2. The molecule has 18 heavy (non-hydrogen) atoms. The first-order chi connectivity index (χ1) is 8.36. The molecule has 0 heterocycles. The molecule has 9 nitrogen and oxygen atoms in total. The molecule has 0 unspecified atom stereocenters. The Morgan fingerprint density at radius 2 is 2.06 bits per heavy atom. The summed E-state index contributed by atoms with van der Waals surface area (Å²) in [5.41, 5.74) is 4.65.